The summed E-state index contributed by atoms with van der Waals surface area (Å²) < 4.78 is 53.1. The van der Waals surface area contributed by atoms with Crippen molar-refractivity contribution in [3.05, 3.63) is 515 Å². The van der Waals surface area contributed by atoms with Crippen molar-refractivity contribution >= 4 is 247 Å². The Morgan fingerprint density at radius 2 is 0.373 bits per heavy atom. The Morgan fingerprint density at radius 1 is 0.127 bits per heavy atom. The SMILES string of the molecule is Fc1cc(-c2ccc(-n3c4ccccc4c4cc5c6ccccc6n(-c6ccccc6)c5cc43)cc2)c2sc3ccccc3c2c1.Fc1ccc2sc3c(-c4ccc(-n5c6ccccc6c6cc7c8ccccc8n(-c8ccccc8)c7cc65)cc4)cccc3c2c1.c1ccc(-n2c3ccccc3c3cc4c5ccccc5n(-c5ccc(-c6cc(-n7c8ccccc8c8ccccc87)cc7c6sc6ccccc67)cc5)c4cc32)cc1. The summed E-state index contributed by atoms with van der Waals surface area (Å²) in [6, 6.07) is 180. The van der Waals surface area contributed by atoms with E-state index in [1.54, 1.807) is 46.9 Å². The second-order valence-electron chi connectivity index (χ2n) is 39.1. The van der Waals surface area contributed by atoms with Crippen LogP contribution in [0, 0.1) is 11.6 Å². The Labute approximate surface area is 869 Å². The third-order valence-electron chi connectivity index (χ3n) is 31.0. The zero-order chi connectivity index (χ0) is 98.6. The topological polar surface area (TPSA) is 34.5 Å². The van der Waals surface area contributed by atoms with Gasteiger partial charge in [-0.1, -0.05) is 291 Å². The molecule has 33 rings (SSSR count). The molecule has 23 aromatic carbocycles. The third-order valence-corrected chi connectivity index (χ3v) is 34.6. The lowest BCUT2D eigenvalue weighted by Gasteiger charge is -2.14. The highest BCUT2D eigenvalue weighted by Crippen LogP contribution is 2.51. The summed E-state index contributed by atoms with van der Waals surface area (Å²) >= 11 is 5.34. The Morgan fingerprint density at radius 3 is 0.713 bits per heavy atom. The van der Waals surface area contributed by atoms with Gasteiger partial charge >= 0.3 is 0 Å². The first-order valence-electron chi connectivity index (χ1n) is 50.8. The van der Waals surface area contributed by atoms with Crippen molar-refractivity contribution in [2.75, 3.05) is 0 Å². The minimum atomic E-state index is -0.213. The molecule has 0 aliphatic heterocycles. The first-order valence-corrected chi connectivity index (χ1v) is 53.2. The number of fused-ring (bicyclic) bond motifs is 30. The maximum atomic E-state index is 15.0. The number of nitrogens with zero attached hydrogens (tertiary/aromatic N) is 7. The summed E-state index contributed by atoms with van der Waals surface area (Å²) in [5.41, 5.74) is 31.3. The van der Waals surface area contributed by atoms with E-state index in [1.165, 1.54) is 194 Å². The van der Waals surface area contributed by atoms with Crippen LogP contribution in [0.15, 0.2) is 504 Å². The van der Waals surface area contributed by atoms with E-state index in [0.29, 0.717) is 0 Å². The molecule has 0 saturated heterocycles. The molecule has 33 aromatic rings. The smallest absolute Gasteiger partial charge is 0.124 e. The fraction of sp³-hybridized carbons (Fsp3) is 0. The molecule has 0 aliphatic carbocycles. The fourth-order valence-electron chi connectivity index (χ4n) is 24.4. The summed E-state index contributed by atoms with van der Waals surface area (Å²) in [5.74, 6) is -0.412. The number of benzene rings is 23. The number of rotatable bonds is 10. The quantitative estimate of drug-likeness (QED) is 0.131. The molecule has 0 atom stereocenters. The van der Waals surface area contributed by atoms with E-state index in [1.807, 2.05) is 29.5 Å². The molecule has 10 heterocycles. The number of hydrogen-bond acceptors (Lipinski definition) is 3. The Hall–Kier alpha value is -18.8. The van der Waals surface area contributed by atoms with Crippen LogP contribution in [0.3, 0.4) is 0 Å². The predicted molar refractivity (Wildman–Crippen MR) is 635 cm³/mol. The molecule has 0 N–H and O–H groups in total. The van der Waals surface area contributed by atoms with Gasteiger partial charge in [0, 0.05) is 187 Å². The highest BCUT2D eigenvalue weighted by atomic mass is 32.1. The largest absolute Gasteiger partial charge is 0.309 e. The molecule has 0 radical (unpaired) electrons. The minimum absolute atomic E-state index is 0.199. The maximum Gasteiger partial charge on any atom is 0.124 e. The van der Waals surface area contributed by atoms with Crippen molar-refractivity contribution in [3.63, 3.8) is 0 Å². The van der Waals surface area contributed by atoms with Gasteiger partial charge in [-0.2, -0.15) is 0 Å². The van der Waals surface area contributed by atoms with Crippen molar-refractivity contribution in [1.82, 2.24) is 32.0 Å². The van der Waals surface area contributed by atoms with Crippen molar-refractivity contribution in [3.8, 4) is 73.2 Å². The van der Waals surface area contributed by atoms with Gasteiger partial charge in [0.2, 0.25) is 0 Å². The monoisotopic (exact) mass is 1970 g/mol. The second-order valence-corrected chi connectivity index (χ2v) is 42.3. The summed E-state index contributed by atoms with van der Waals surface area (Å²) in [4.78, 5) is 0. The van der Waals surface area contributed by atoms with E-state index in [9.17, 15) is 8.78 Å². The van der Waals surface area contributed by atoms with Crippen molar-refractivity contribution < 1.29 is 8.78 Å². The molecule has 10 aromatic heterocycles. The molecule has 12 heteroatoms. The van der Waals surface area contributed by atoms with E-state index in [-0.39, 0.29) is 11.6 Å². The fourth-order valence-corrected chi connectivity index (χ4v) is 28.1. The lowest BCUT2D eigenvalue weighted by molar-refractivity contribution is 0.629. The highest BCUT2D eigenvalue weighted by Gasteiger charge is 2.27. The van der Waals surface area contributed by atoms with Gasteiger partial charge in [0.15, 0.2) is 0 Å². The molecule has 702 valence electrons. The zero-order valence-corrected chi connectivity index (χ0v) is 83.0. The molecular weight excluding hydrogens is 1890 g/mol. The van der Waals surface area contributed by atoms with Crippen LogP contribution in [-0.4, -0.2) is 32.0 Å². The number of halogens is 2. The van der Waals surface area contributed by atoms with Gasteiger partial charge in [-0.25, -0.2) is 8.78 Å². The summed E-state index contributed by atoms with van der Waals surface area (Å²) in [7, 11) is 0. The van der Waals surface area contributed by atoms with Gasteiger partial charge in [0.1, 0.15) is 11.6 Å². The minimum Gasteiger partial charge on any atom is -0.309 e. The van der Waals surface area contributed by atoms with Crippen LogP contribution in [0.5, 0.6) is 0 Å². The maximum absolute atomic E-state index is 15.0. The number of para-hydroxylation sites is 11. The standard InChI is InChI=1S/C54H33N3S.2C42H25FN2S/c1-2-14-35(15-3-1)55-49-23-11-6-18-40(49)44-32-45-41-19-7-12-24-50(41)56(52(45)33-51(44)55)36-28-26-34(27-29-36)43-30-37(31-46-42-20-8-13-25-53(42)58-54(43)46)57-47-21-9-4-16-38(47)39-17-5-10-22-48(39)57;43-27-22-33(42-36(23-27)32-14-6-9-17-41(32)46-42)26-18-20-29(21-19-26)45-38-16-8-5-13-31(38)35-24-34-30-12-4-7-15-37(30)44(39(34)25-40(35)45)28-10-2-1-3-11-28;43-27-19-22-41-36(23-27)33-14-8-13-30(42(33)46-41)26-17-20-29(21-18-26)45-38-16-7-5-12-32(38)35-24-34-31-11-4-6-15-37(31)44(39(34)25-40(35)45)28-9-2-1-3-10-28/h1-33H;2*1-25H. The van der Waals surface area contributed by atoms with E-state index < -0.39 is 0 Å². The number of thiophene rings is 3. The summed E-state index contributed by atoms with van der Waals surface area (Å²) in [6.45, 7) is 0. The van der Waals surface area contributed by atoms with Crippen LogP contribution in [0.25, 0.3) is 286 Å². The van der Waals surface area contributed by atoms with Crippen LogP contribution in [0.2, 0.25) is 0 Å². The molecule has 0 unspecified atom stereocenters. The van der Waals surface area contributed by atoms with Gasteiger partial charge in [-0.15, -0.1) is 34.0 Å². The van der Waals surface area contributed by atoms with Gasteiger partial charge in [-0.3, -0.25) is 0 Å². The van der Waals surface area contributed by atoms with Crippen LogP contribution < -0.4 is 0 Å². The van der Waals surface area contributed by atoms with Crippen LogP contribution in [-0.2, 0) is 0 Å². The average molecular weight is 1970 g/mol. The normalized spacial score (nSPS) is 12.1. The number of hydrogen-bond donors (Lipinski definition) is 0. The first kappa shape index (κ1) is 85.6. The molecule has 0 amide bonds. The van der Waals surface area contributed by atoms with E-state index in [2.05, 4.69) is 493 Å². The van der Waals surface area contributed by atoms with Gasteiger partial charge in [-0.05, 0) is 235 Å². The van der Waals surface area contributed by atoms with Gasteiger partial charge in [0.25, 0.3) is 0 Å². The Balaban J connectivity index is 0.000000102. The summed E-state index contributed by atoms with van der Waals surface area (Å²) in [5, 5.41) is 24.2. The van der Waals surface area contributed by atoms with E-state index in [0.717, 1.165) is 92.8 Å². The first-order chi connectivity index (χ1) is 74.2. The lowest BCUT2D eigenvalue weighted by atomic mass is 10.0. The lowest BCUT2D eigenvalue weighted by Crippen LogP contribution is -1.96. The van der Waals surface area contributed by atoms with Crippen LogP contribution in [0.4, 0.5) is 8.78 Å². The molecule has 0 saturated carbocycles. The Kier molecular flexibility index (Phi) is 19.3. The molecule has 0 spiro atoms. The highest BCUT2D eigenvalue weighted by molar-refractivity contribution is 7.27. The van der Waals surface area contributed by atoms with Crippen molar-refractivity contribution in [1.29, 1.82) is 0 Å². The third kappa shape index (κ3) is 13.3. The summed E-state index contributed by atoms with van der Waals surface area (Å²) in [6.07, 6.45) is 0. The molecule has 7 nitrogen and oxygen atoms in total. The van der Waals surface area contributed by atoms with Gasteiger partial charge in [0.05, 0.1) is 77.2 Å². The molecule has 0 fully saturated rings. The van der Waals surface area contributed by atoms with E-state index in [4.69, 9.17) is 0 Å². The number of aromatic nitrogens is 7. The zero-order valence-electron chi connectivity index (χ0n) is 80.5. The van der Waals surface area contributed by atoms with Crippen LogP contribution >= 0.6 is 34.0 Å². The molecular formula is C138H83F2N7S3. The van der Waals surface area contributed by atoms with Crippen LogP contribution in [0.1, 0.15) is 0 Å². The van der Waals surface area contributed by atoms with E-state index >= 15 is 0 Å². The van der Waals surface area contributed by atoms with Crippen molar-refractivity contribution in [2.24, 2.45) is 0 Å². The molecule has 0 aliphatic rings. The Bertz CT molecular complexity index is 11400. The molecule has 150 heavy (non-hydrogen) atoms. The molecule has 0 bridgehead atoms. The average Bonchev–Trinajstić information content (AvgIpc) is 1.56. The van der Waals surface area contributed by atoms with Gasteiger partial charge < -0.3 is 32.0 Å². The second kappa shape index (κ2) is 33.9. The van der Waals surface area contributed by atoms with Crippen molar-refractivity contribution in [2.45, 2.75) is 0 Å². The predicted octanol–water partition coefficient (Wildman–Crippen LogP) is 39.1.